The Balaban J connectivity index is 1.59. The average molecular weight is 516 g/mol. The molecular weight excluding hydrogens is 482 g/mol. The molecule has 11 heteroatoms. The third-order valence-electron chi connectivity index (χ3n) is 6.42. The van der Waals surface area contributed by atoms with Crippen LogP contribution in [0.2, 0.25) is 0 Å². The van der Waals surface area contributed by atoms with Crippen molar-refractivity contribution in [3.05, 3.63) is 65.1 Å². The van der Waals surface area contributed by atoms with Crippen LogP contribution in [-0.4, -0.2) is 57.1 Å². The maximum Gasteiger partial charge on any atom is 0.303 e. The lowest BCUT2D eigenvalue weighted by Gasteiger charge is -2.40. The quantitative estimate of drug-likeness (QED) is 0.376. The van der Waals surface area contributed by atoms with Gasteiger partial charge in [0, 0.05) is 25.5 Å². The maximum atomic E-state index is 11.7. The molecular formula is C25H33N5O5S. The van der Waals surface area contributed by atoms with Gasteiger partial charge in [0.1, 0.15) is 6.10 Å². The molecule has 10 nitrogen and oxygen atoms in total. The summed E-state index contributed by atoms with van der Waals surface area (Å²) >= 11 is 0. The first-order valence-electron chi connectivity index (χ1n) is 12.0. The Morgan fingerprint density at radius 2 is 2.11 bits per heavy atom. The summed E-state index contributed by atoms with van der Waals surface area (Å²) in [5.74, 6) is -0.711. The molecule has 3 heterocycles. The van der Waals surface area contributed by atoms with Gasteiger partial charge in [0.25, 0.3) is 0 Å². The number of carboxylic acid groups (broad SMARTS) is 1. The van der Waals surface area contributed by atoms with E-state index in [2.05, 4.69) is 15.3 Å². The predicted molar refractivity (Wildman–Crippen MR) is 136 cm³/mol. The van der Waals surface area contributed by atoms with E-state index in [1.54, 1.807) is 21.1 Å². The van der Waals surface area contributed by atoms with Crippen LogP contribution in [0, 0.1) is 6.92 Å². The van der Waals surface area contributed by atoms with E-state index >= 15 is 0 Å². The minimum absolute atomic E-state index is 0.00845. The normalized spacial score (nSPS) is 19.1. The Hall–Kier alpha value is -2.99. The summed E-state index contributed by atoms with van der Waals surface area (Å²) in [5, 5.41) is 17.9. The Labute approximate surface area is 212 Å². The van der Waals surface area contributed by atoms with E-state index < -0.39 is 16.7 Å². The fourth-order valence-electron chi connectivity index (χ4n) is 4.43. The van der Waals surface area contributed by atoms with Crippen LogP contribution in [0.3, 0.4) is 0 Å². The Bertz CT molecular complexity index is 1220. The number of aromatic nitrogens is 4. The molecule has 0 amide bonds. The highest BCUT2D eigenvalue weighted by atomic mass is 32.3. The number of nitrogens with zero attached hydrogens (tertiary/aromatic N) is 5. The summed E-state index contributed by atoms with van der Waals surface area (Å²) in [6, 6.07) is 9.30. The average Bonchev–Trinajstić information content (AvgIpc) is 3.27. The molecule has 194 valence electrons. The number of hydrogen-bond donors (Lipinski definition) is 3. The highest BCUT2D eigenvalue weighted by Crippen LogP contribution is 2.56. The van der Waals surface area contributed by atoms with Crippen molar-refractivity contribution in [2.45, 2.75) is 70.2 Å². The van der Waals surface area contributed by atoms with Crippen molar-refractivity contribution in [3.63, 3.8) is 0 Å². The summed E-state index contributed by atoms with van der Waals surface area (Å²) in [5.41, 5.74) is 3.60. The molecule has 2 aromatic heterocycles. The molecule has 0 spiro atoms. The van der Waals surface area contributed by atoms with Gasteiger partial charge < -0.3 is 9.84 Å². The second-order valence-corrected chi connectivity index (χ2v) is 11.1. The first-order chi connectivity index (χ1) is 17.2. The molecule has 1 unspecified atom stereocenters. The van der Waals surface area contributed by atoms with Gasteiger partial charge in [0.2, 0.25) is 5.03 Å². The van der Waals surface area contributed by atoms with Crippen molar-refractivity contribution >= 4 is 16.7 Å². The molecule has 0 aliphatic carbocycles. The third-order valence-corrected chi connectivity index (χ3v) is 8.24. The number of fused-ring (bicyclic) bond motifs is 1. The standard InChI is InChI=1S/C25H33N5O5S/c1-4-29-16-22(27-28-29)10-9-20(13-24(31)32)19-8-7-17(2)21(12-19)15-30-14-18(3)35-23-6-5-11-26-25(23)36(30,33)34/h5-8,11-12,16,18,20,33-34H,4,9-10,13-15H2,1-3H3,(H,31,32)/t18-,20?/m1/s1. The zero-order valence-electron chi connectivity index (χ0n) is 20.7. The molecule has 36 heavy (non-hydrogen) atoms. The van der Waals surface area contributed by atoms with E-state index in [0.29, 0.717) is 25.1 Å². The van der Waals surface area contributed by atoms with Crippen molar-refractivity contribution in [1.29, 1.82) is 0 Å². The van der Waals surface area contributed by atoms with Gasteiger partial charge in [0.05, 0.1) is 18.7 Å². The second kappa shape index (κ2) is 11.0. The van der Waals surface area contributed by atoms with Crippen LogP contribution in [0.5, 0.6) is 5.75 Å². The molecule has 1 aromatic carbocycles. The Kier molecular flexibility index (Phi) is 7.94. The molecule has 1 aliphatic rings. The molecule has 2 atom stereocenters. The smallest absolute Gasteiger partial charge is 0.303 e. The minimum atomic E-state index is -3.38. The highest BCUT2D eigenvalue weighted by Gasteiger charge is 2.35. The number of aryl methyl sites for hydroxylation is 3. The molecule has 0 radical (unpaired) electrons. The first-order valence-corrected chi connectivity index (χ1v) is 13.5. The van der Waals surface area contributed by atoms with Crippen LogP contribution in [-0.2, 0) is 24.3 Å². The lowest BCUT2D eigenvalue weighted by molar-refractivity contribution is -0.137. The van der Waals surface area contributed by atoms with E-state index in [4.69, 9.17) is 4.74 Å². The molecule has 0 fully saturated rings. The van der Waals surface area contributed by atoms with Gasteiger partial charge in [-0.05, 0) is 68.4 Å². The van der Waals surface area contributed by atoms with E-state index in [-0.39, 0.29) is 30.0 Å². The highest BCUT2D eigenvalue weighted by molar-refractivity contribution is 8.22. The molecule has 3 N–H and O–H groups in total. The van der Waals surface area contributed by atoms with Gasteiger partial charge in [-0.25, -0.2) is 4.98 Å². The fourth-order valence-corrected chi connectivity index (χ4v) is 6.00. The molecule has 0 saturated carbocycles. The third kappa shape index (κ3) is 5.86. The van der Waals surface area contributed by atoms with Crippen LogP contribution < -0.4 is 4.74 Å². The lowest BCUT2D eigenvalue weighted by atomic mass is 9.88. The largest absolute Gasteiger partial charge is 0.486 e. The minimum Gasteiger partial charge on any atom is -0.486 e. The number of aliphatic carboxylic acids is 1. The first kappa shape index (κ1) is 26.1. The predicted octanol–water partition coefficient (Wildman–Crippen LogP) is 4.50. The number of pyridine rings is 1. The number of benzene rings is 1. The molecule has 3 aromatic rings. The monoisotopic (exact) mass is 515 g/mol. The molecule has 0 bridgehead atoms. The van der Waals surface area contributed by atoms with Crippen LogP contribution in [0.15, 0.2) is 47.8 Å². The summed E-state index contributed by atoms with van der Waals surface area (Å²) < 4.78 is 31.7. The van der Waals surface area contributed by atoms with Crippen LogP contribution in [0.25, 0.3) is 0 Å². The SMILES string of the molecule is CCn1cc(CCC(CC(=O)O)c2ccc(C)c(CN3C[C@@H](C)Oc4cccnc4S3(O)O)c2)nn1. The summed E-state index contributed by atoms with van der Waals surface area (Å²) in [7, 11) is -3.38. The number of ether oxygens (including phenoxy) is 1. The topological polar surface area (TPSA) is 134 Å². The zero-order chi connectivity index (χ0) is 25.9. The Morgan fingerprint density at radius 3 is 2.83 bits per heavy atom. The Morgan fingerprint density at radius 1 is 1.31 bits per heavy atom. The number of carboxylic acids is 1. The van der Waals surface area contributed by atoms with Crippen molar-refractivity contribution < 1.29 is 23.7 Å². The van der Waals surface area contributed by atoms with E-state index in [1.165, 1.54) is 6.20 Å². The van der Waals surface area contributed by atoms with E-state index in [0.717, 1.165) is 28.9 Å². The summed E-state index contributed by atoms with van der Waals surface area (Å²) in [6.07, 6.45) is 4.35. The van der Waals surface area contributed by atoms with Crippen LogP contribution in [0.1, 0.15) is 55.0 Å². The molecule has 0 saturated heterocycles. The number of hydrogen-bond acceptors (Lipinski definition) is 8. The molecule has 1 aliphatic heterocycles. The summed E-state index contributed by atoms with van der Waals surface area (Å²) in [4.78, 5) is 15.9. The van der Waals surface area contributed by atoms with Gasteiger partial charge in [-0.3, -0.25) is 18.6 Å². The van der Waals surface area contributed by atoms with Gasteiger partial charge >= 0.3 is 5.97 Å². The zero-order valence-corrected chi connectivity index (χ0v) is 21.6. The van der Waals surface area contributed by atoms with E-state index in [9.17, 15) is 19.0 Å². The second-order valence-electron chi connectivity index (χ2n) is 9.16. The summed E-state index contributed by atoms with van der Waals surface area (Å²) in [6.45, 7) is 7.12. The number of rotatable bonds is 9. The van der Waals surface area contributed by atoms with Gasteiger partial charge in [0.15, 0.2) is 5.75 Å². The fraction of sp³-hybridized carbons (Fsp3) is 0.440. The van der Waals surface area contributed by atoms with Crippen molar-refractivity contribution in [2.24, 2.45) is 0 Å². The van der Waals surface area contributed by atoms with Gasteiger partial charge in [-0.2, -0.15) is 4.31 Å². The van der Waals surface area contributed by atoms with E-state index in [1.807, 2.05) is 45.2 Å². The lowest BCUT2D eigenvalue weighted by Crippen LogP contribution is -2.33. The molecule has 4 rings (SSSR count). The van der Waals surface area contributed by atoms with Crippen LogP contribution >= 0.6 is 10.8 Å². The van der Waals surface area contributed by atoms with Crippen molar-refractivity contribution in [1.82, 2.24) is 24.3 Å². The van der Waals surface area contributed by atoms with Crippen LogP contribution in [0.4, 0.5) is 0 Å². The number of carbonyl (C=O) groups is 1. The van der Waals surface area contributed by atoms with Crippen molar-refractivity contribution in [2.75, 3.05) is 6.54 Å². The van der Waals surface area contributed by atoms with Gasteiger partial charge in [-0.1, -0.05) is 34.2 Å². The van der Waals surface area contributed by atoms with Gasteiger partial charge in [-0.15, -0.1) is 5.10 Å². The van der Waals surface area contributed by atoms with Crippen molar-refractivity contribution in [3.8, 4) is 5.75 Å². The maximum absolute atomic E-state index is 11.7.